The first-order valence-electron chi connectivity index (χ1n) is 7.27. The van der Waals surface area contributed by atoms with Gasteiger partial charge in [-0.1, -0.05) is 0 Å². The van der Waals surface area contributed by atoms with Crippen LogP contribution < -0.4 is 10.6 Å². The second-order valence-electron chi connectivity index (χ2n) is 5.71. The van der Waals surface area contributed by atoms with E-state index in [9.17, 15) is 18.7 Å². The van der Waals surface area contributed by atoms with Crippen molar-refractivity contribution in [1.29, 1.82) is 0 Å². The highest BCUT2D eigenvalue weighted by atomic mass is 19.1. The highest BCUT2D eigenvalue weighted by molar-refractivity contribution is 5.65. The van der Waals surface area contributed by atoms with Crippen molar-refractivity contribution in [3.05, 3.63) is 35.4 Å². The summed E-state index contributed by atoms with van der Waals surface area (Å²) < 4.78 is 26.4. The Bertz CT molecular complexity index is 503. The van der Waals surface area contributed by atoms with Gasteiger partial charge < -0.3 is 20.8 Å². The first-order chi connectivity index (χ1) is 10.4. The zero-order valence-corrected chi connectivity index (χ0v) is 12.1. The van der Waals surface area contributed by atoms with Gasteiger partial charge in [0.25, 0.3) is 0 Å². The predicted molar refractivity (Wildman–Crippen MR) is 76.6 cm³/mol. The van der Waals surface area contributed by atoms with E-state index in [-0.39, 0.29) is 18.5 Å². The topological polar surface area (TPSA) is 81.6 Å². The Morgan fingerprint density at radius 2 is 1.91 bits per heavy atom. The molecule has 122 valence electrons. The second-order valence-corrected chi connectivity index (χ2v) is 5.71. The van der Waals surface area contributed by atoms with Crippen molar-refractivity contribution in [1.82, 2.24) is 10.6 Å². The van der Waals surface area contributed by atoms with Crippen LogP contribution in [0.4, 0.5) is 13.6 Å². The average Bonchev–Trinajstić information content (AvgIpc) is 3.20. The van der Waals surface area contributed by atoms with Gasteiger partial charge >= 0.3 is 6.09 Å². The number of aliphatic hydroxyl groups excluding tert-OH is 1. The summed E-state index contributed by atoms with van der Waals surface area (Å²) in [6.07, 6.45) is 0.0716. The van der Waals surface area contributed by atoms with E-state index in [0.29, 0.717) is 5.92 Å². The van der Waals surface area contributed by atoms with E-state index in [4.69, 9.17) is 5.11 Å². The third-order valence-corrected chi connectivity index (χ3v) is 3.63. The van der Waals surface area contributed by atoms with E-state index < -0.39 is 29.9 Å². The van der Waals surface area contributed by atoms with Crippen molar-refractivity contribution in [3.8, 4) is 0 Å². The molecule has 5 nitrogen and oxygen atoms in total. The van der Waals surface area contributed by atoms with E-state index >= 15 is 0 Å². The lowest BCUT2D eigenvalue weighted by Crippen LogP contribution is -2.48. The van der Waals surface area contributed by atoms with Crippen LogP contribution in [0.1, 0.15) is 18.4 Å². The number of hydrogen-bond donors (Lipinski definition) is 4. The molecule has 2 atom stereocenters. The van der Waals surface area contributed by atoms with Crippen molar-refractivity contribution in [3.63, 3.8) is 0 Å². The molecule has 1 saturated carbocycles. The van der Waals surface area contributed by atoms with Crippen LogP contribution in [-0.4, -0.2) is 41.5 Å². The van der Waals surface area contributed by atoms with Gasteiger partial charge in [0.2, 0.25) is 0 Å². The number of halogens is 2. The standard InChI is InChI=1S/C15H20F2N2O3/c16-11-3-10(4-12(17)6-11)5-13(19-15(21)22)14(20)8-18-7-9-1-2-9/h3-4,6,9,13-14,18-20H,1-2,5,7-8H2,(H,21,22)/t13-,14-/m0/s1. The predicted octanol–water partition coefficient (Wildman–Crippen LogP) is 1.50. The summed E-state index contributed by atoms with van der Waals surface area (Å²) in [6, 6.07) is 2.16. The molecule has 1 amide bonds. The molecule has 0 bridgehead atoms. The van der Waals surface area contributed by atoms with E-state index in [1.165, 1.54) is 12.8 Å². The van der Waals surface area contributed by atoms with Crippen LogP contribution in [0.25, 0.3) is 0 Å². The van der Waals surface area contributed by atoms with Gasteiger partial charge in [-0.05, 0) is 49.4 Å². The molecule has 0 aromatic heterocycles. The van der Waals surface area contributed by atoms with Gasteiger partial charge in [-0.15, -0.1) is 0 Å². The molecule has 0 saturated heterocycles. The average molecular weight is 314 g/mol. The third-order valence-electron chi connectivity index (χ3n) is 3.63. The molecule has 0 heterocycles. The highest BCUT2D eigenvalue weighted by Crippen LogP contribution is 2.27. The van der Waals surface area contributed by atoms with Crippen LogP contribution in [-0.2, 0) is 6.42 Å². The van der Waals surface area contributed by atoms with Crippen molar-refractivity contribution in [2.24, 2.45) is 5.92 Å². The second kappa shape index (κ2) is 7.51. The van der Waals surface area contributed by atoms with Crippen molar-refractivity contribution < 1.29 is 23.8 Å². The van der Waals surface area contributed by atoms with Gasteiger partial charge in [0.1, 0.15) is 11.6 Å². The molecule has 7 heteroatoms. The van der Waals surface area contributed by atoms with Crippen molar-refractivity contribution >= 4 is 6.09 Å². The maximum atomic E-state index is 13.2. The van der Waals surface area contributed by atoms with Crippen LogP contribution in [0.3, 0.4) is 0 Å². The number of carboxylic acid groups (broad SMARTS) is 1. The Morgan fingerprint density at radius 3 is 2.45 bits per heavy atom. The van der Waals surface area contributed by atoms with E-state index in [2.05, 4.69) is 10.6 Å². The number of nitrogens with one attached hydrogen (secondary N) is 2. The molecular formula is C15H20F2N2O3. The third kappa shape index (κ3) is 5.57. The maximum absolute atomic E-state index is 13.2. The molecule has 0 unspecified atom stereocenters. The zero-order chi connectivity index (χ0) is 16.1. The number of hydrogen-bond acceptors (Lipinski definition) is 3. The molecule has 22 heavy (non-hydrogen) atoms. The summed E-state index contributed by atoms with van der Waals surface area (Å²) >= 11 is 0. The molecule has 0 radical (unpaired) electrons. The fraction of sp³-hybridized carbons (Fsp3) is 0.533. The number of carbonyl (C=O) groups is 1. The van der Waals surface area contributed by atoms with Gasteiger partial charge in [0.05, 0.1) is 12.1 Å². The first kappa shape index (κ1) is 16.6. The minimum absolute atomic E-state index is 0.00720. The molecule has 0 spiro atoms. The van der Waals surface area contributed by atoms with E-state index in [0.717, 1.165) is 24.7 Å². The summed E-state index contributed by atoms with van der Waals surface area (Å²) in [5.41, 5.74) is 0.289. The number of rotatable bonds is 8. The normalized spacial score (nSPS) is 17.0. The Kier molecular flexibility index (Phi) is 5.68. The lowest BCUT2D eigenvalue weighted by atomic mass is 10.0. The minimum Gasteiger partial charge on any atom is -0.465 e. The lowest BCUT2D eigenvalue weighted by Gasteiger charge is -2.23. The number of benzene rings is 1. The zero-order valence-electron chi connectivity index (χ0n) is 12.1. The summed E-state index contributed by atoms with van der Waals surface area (Å²) in [4.78, 5) is 10.8. The Balaban J connectivity index is 1.95. The van der Waals surface area contributed by atoms with Gasteiger partial charge in [-0.2, -0.15) is 0 Å². The molecule has 1 aliphatic rings. The largest absolute Gasteiger partial charge is 0.465 e. The van der Waals surface area contributed by atoms with E-state index in [1.807, 2.05) is 0 Å². The lowest BCUT2D eigenvalue weighted by molar-refractivity contribution is 0.117. The number of amides is 1. The van der Waals surface area contributed by atoms with Crippen LogP contribution in [0, 0.1) is 17.6 Å². The Morgan fingerprint density at radius 1 is 1.27 bits per heavy atom. The van der Waals surface area contributed by atoms with Gasteiger partial charge in [0, 0.05) is 12.6 Å². The first-order valence-corrected chi connectivity index (χ1v) is 7.27. The minimum atomic E-state index is -1.29. The van der Waals surface area contributed by atoms with Crippen LogP contribution in [0.5, 0.6) is 0 Å². The van der Waals surface area contributed by atoms with Crippen molar-refractivity contribution in [2.75, 3.05) is 13.1 Å². The molecular weight excluding hydrogens is 294 g/mol. The highest BCUT2D eigenvalue weighted by Gasteiger charge is 2.24. The quantitative estimate of drug-likeness (QED) is 0.586. The smallest absolute Gasteiger partial charge is 0.404 e. The van der Waals surface area contributed by atoms with Crippen molar-refractivity contribution in [2.45, 2.75) is 31.4 Å². The Labute approximate surface area is 127 Å². The van der Waals surface area contributed by atoms with E-state index in [1.54, 1.807) is 0 Å². The summed E-state index contributed by atoms with van der Waals surface area (Å²) in [6.45, 7) is 1.00. The molecule has 4 N–H and O–H groups in total. The summed E-state index contributed by atoms with van der Waals surface area (Å²) in [5.74, 6) is -0.828. The van der Waals surface area contributed by atoms with Gasteiger partial charge in [-0.25, -0.2) is 13.6 Å². The number of aliphatic hydroxyl groups is 1. The van der Waals surface area contributed by atoms with Crippen LogP contribution in [0.15, 0.2) is 18.2 Å². The monoisotopic (exact) mass is 314 g/mol. The fourth-order valence-corrected chi connectivity index (χ4v) is 2.32. The maximum Gasteiger partial charge on any atom is 0.404 e. The van der Waals surface area contributed by atoms with Crippen LogP contribution in [0.2, 0.25) is 0 Å². The van der Waals surface area contributed by atoms with Gasteiger partial charge in [-0.3, -0.25) is 0 Å². The summed E-state index contributed by atoms with van der Waals surface area (Å²) in [5, 5.41) is 24.2. The van der Waals surface area contributed by atoms with Crippen LogP contribution >= 0.6 is 0 Å². The molecule has 1 aromatic rings. The van der Waals surface area contributed by atoms with Gasteiger partial charge in [0.15, 0.2) is 0 Å². The molecule has 1 fully saturated rings. The molecule has 1 aliphatic carbocycles. The fourth-order valence-electron chi connectivity index (χ4n) is 2.32. The SMILES string of the molecule is O=C(O)N[C@@H](Cc1cc(F)cc(F)c1)[C@@H](O)CNCC1CC1. The molecule has 1 aromatic carbocycles. The molecule has 0 aliphatic heterocycles. The Hall–Kier alpha value is -1.73. The molecule has 2 rings (SSSR count). The summed E-state index contributed by atoms with van der Waals surface area (Å²) in [7, 11) is 0.